The Bertz CT molecular complexity index is 2350. The summed E-state index contributed by atoms with van der Waals surface area (Å²) in [4.78, 5) is 16.4. The van der Waals surface area contributed by atoms with Gasteiger partial charge in [-0.1, -0.05) is 60.7 Å². The second-order valence-electron chi connectivity index (χ2n) is 15.9. The molecule has 6 heteroatoms. The fourth-order valence-corrected chi connectivity index (χ4v) is 11.7. The Morgan fingerprint density at radius 2 is 0.776 bits per heavy atom. The average Bonchev–Trinajstić information content (AvgIpc) is 4.10. The van der Waals surface area contributed by atoms with Gasteiger partial charge in [0.2, 0.25) is 0 Å². The van der Waals surface area contributed by atoms with Crippen molar-refractivity contribution in [2.45, 2.75) is 25.7 Å². The first-order chi connectivity index (χ1) is 28.7. The summed E-state index contributed by atoms with van der Waals surface area (Å²) in [6, 6.07) is 30.8. The predicted molar refractivity (Wildman–Crippen MR) is 245 cm³/mol. The van der Waals surface area contributed by atoms with E-state index in [1.165, 1.54) is 90.4 Å². The first-order valence-corrected chi connectivity index (χ1v) is 22.4. The molecule has 4 nitrogen and oxygen atoms in total. The van der Waals surface area contributed by atoms with Crippen molar-refractivity contribution in [3.8, 4) is 22.3 Å². The molecule has 6 aliphatic rings. The fraction of sp³-hybridized carbons (Fsp3) is 0.192. The first-order valence-electron chi connectivity index (χ1n) is 20.8. The highest BCUT2D eigenvalue weighted by atomic mass is 32.1. The summed E-state index contributed by atoms with van der Waals surface area (Å²) in [7, 11) is 0. The van der Waals surface area contributed by atoms with E-state index in [0.29, 0.717) is 0 Å². The Labute approximate surface area is 352 Å². The molecule has 58 heavy (non-hydrogen) atoms. The highest BCUT2D eigenvalue weighted by Crippen LogP contribution is 2.48. The van der Waals surface area contributed by atoms with Gasteiger partial charge in [-0.25, -0.2) is 9.97 Å². The lowest BCUT2D eigenvalue weighted by molar-refractivity contribution is 0.356. The van der Waals surface area contributed by atoms with Gasteiger partial charge < -0.3 is 9.80 Å². The summed E-state index contributed by atoms with van der Waals surface area (Å²) in [6.45, 7) is 6.57. The topological polar surface area (TPSA) is 32.3 Å². The summed E-state index contributed by atoms with van der Waals surface area (Å²) in [5.41, 5.74) is 11.1. The van der Waals surface area contributed by atoms with Gasteiger partial charge in [0, 0.05) is 77.8 Å². The molecular formula is C52H44N4S2. The summed E-state index contributed by atoms with van der Waals surface area (Å²) < 4.78 is 4.84. The zero-order valence-electron chi connectivity index (χ0n) is 32.5. The molecule has 11 rings (SSSR count). The van der Waals surface area contributed by atoms with Gasteiger partial charge in [-0.3, -0.25) is 0 Å². The van der Waals surface area contributed by atoms with Crippen LogP contribution in [0.4, 0.5) is 0 Å². The van der Waals surface area contributed by atoms with Crippen molar-refractivity contribution in [3.63, 3.8) is 0 Å². The Morgan fingerprint density at radius 1 is 0.414 bits per heavy atom. The molecule has 5 aromatic rings. The molecule has 0 atom stereocenters. The molecule has 4 fully saturated rings. The van der Waals surface area contributed by atoms with E-state index in [1.807, 2.05) is 22.7 Å². The molecule has 2 aliphatic carbocycles. The number of aromatic nitrogens is 2. The van der Waals surface area contributed by atoms with E-state index in [2.05, 4.69) is 158 Å². The number of nitrogens with zero attached hydrogens (tertiary/aromatic N) is 4. The SMILES string of the molecule is [CH]1[CH][C](CN2CCCC2)[C](c2c3nc(c(-c4ccccc4)c4ccc(s4)c(-c4ccccc4)c4nc(c([C]5[CH][CH][CH][C]5CN5CCCC5)c5ccc2s5)C=C4)C=C3)[CH]1. The van der Waals surface area contributed by atoms with E-state index in [0.717, 1.165) is 73.2 Å². The number of fused-ring (bicyclic) bond motifs is 8. The summed E-state index contributed by atoms with van der Waals surface area (Å²) in [5, 5.41) is 0. The van der Waals surface area contributed by atoms with E-state index in [1.54, 1.807) is 0 Å². The first kappa shape index (κ1) is 36.8. The van der Waals surface area contributed by atoms with Gasteiger partial charge in [0.15, 0.2) is 0 Å². The van der Waals surface area contributed by atoms with Crippen molar-refractivity contribution < 1.29 is 0 Å². The maximum absolute atomic E-state index is 5.60. The van der Waals surface area contributed by atoms with Gasteiger partial charge in [-0.2, -0.15) is 0 Å². The third kappa shape index (κ3) is 7.04. The highest BCUT2D eigenvalue weighted by molar-refractivity contribution is 7.24. The molecule has 0 amide bonds. The summed E-state index contributed by atoms with van der Waals surface area (Å²) in [5.74, 6) is 5.32. The van der Waals surface area contributed by atoms with Crippen LogP contribution in [0.1, 0.15) is 59.6 Å². The van der Waals surface area contributed by atoms with Crippen molar-refractivity contribution in [3.05, 3.63) is 181 Å². The van der Waals surface area contributed by atoms with Crippen LogP contribution in [0.2, 0.25) is 0 Å². The van der Waals surface area contributed by atoms with Crippen molar-refractivity contribution in [2.24, 2.45) is 0 Å². The molecule has 2 saturated heterocycles. The minimum absolute atomic E-state index is 0.961. The number of thiophene rings is 2. The van der Waals surface area contributed by atoms with Crippen LogP contribution in [0.3, 0.4) is 0 Å². The largest absolute Gasteiger partial charge is 0.303 e. The maximum Gasteiger partial charge on any atom is 0.0730 e. The monoisotopic (exact) mass is 788 g/mol. The van der Waals surface area contributed by atoms with Gasteiger partial charge in [0.25, 0.3) is 0 Å². The number of likely N-dealkylation sites (tertiary alicyclic amines) is 2. The molecule has 4 aliphatic heterocycles. The van der Waals surface area contributed by atoms with E-state index < -0.39 is 0 Å². The van der Waals surface area contributed by atoms with Gasteiger partial charge in [-0.15, -0.1) is 22.7 Å². The van der Waals surface area contributed by atoms with Crippen molar-refractivity contribution in [2.75, 3.05) is 39.3 Å². The zero-order valence-corrected chi connectivity index (χ0v) is 34.2. The molecule has 0 unspecified atom stereocenters. The highest BCUT2D eigenvalue weighted by Gasteiger charge is 2.37. The van der Waals surface area contributed by atoms with Gasteiger partial charge in [-0.05, 0) is 150 Å². The van der Waals surface area contributed by atoms with Crippen LogP contribution in [0.5, 0.6) is 0 Å². The summed E-state index contributed by atoms with van der Waals surface area (Å²) >= 11 is 3.70. The minimum atomic E-state index is 0.961. The van der Waals surface area contributed by atoms with Gasteiger partial charge in [0.1, 0.15) is 0 Å². The van der Waals surface area contributed by atoms with Crippen molar-refractivity contribution in [1.29, 1.82) is 0 Å². The molecule has 2 saturated carbocycles. The van der Waals surface area contributed by atoms with Crippen LogP contribution in [-0.4, -0.2) is 59.0 Å². The molecule has 0 spiro atoms. The lowest BCUT2D eigenvalue weighted by Crippen LogP contribution is -2.27. The lowest BCUT2D eigenvalue weighted by Gasteiger charge is -2.25. The quantitative estimate of drug-likeness (QED) is 0.154. The normalized spacial score (nSPS) is 19.7. The molecule has 2 aromatic carbocycles. The molecule has 8 bridgehead atoms. The molecule has 3 aromatic heterocycles. The third-order valence-corrected chi connectivity index (χ3v) is 14.4. The molecule has 284 valence electrons. The molecule has 7 heterocycles. The van der Waals surface area contributed by atoms with Crippen LogP contribution >= 0.6 is 22.7 Å². The number of hydrogen-bond acceptors (Lipinski definition) is 6. The number of rotatable bonds is 8. The molecule has 10 radical (unpaired) electrons. The van der Waals surface area contributed by atoms with E-state index in [9.17, 15) is 0 Å². The molecule has 0 N–H and O–H groups in total. The van der Waals surface area contributed by atoms with Gasteiger partial charge in [0.05, 0.1) is 22.8 Å². The predicted octanol–water partition coefficient (Wildman–Crippen LogP) is 11.9. The van der Waals surface area contributed by atoms with E-state index in [4.69, 9.17) is 9.97 Å². The van der Waals surface area contributed by atoms with Crippen molar-refractivity contribution >= 4 is 65.8 Å². The van der Waals surface area contributed by atoms with Crippen LogP contribution in [0, 0.1) is 62.2 Å². The van der Waals surface area contributed by atoms with Crippen LogP contribution in [0.25, 0.3) is 65.4 Å². The fourth-order valence-electron chi connectivity index (χ4n) is 9.37. The maximum atomic E-state index is 5.60. The Hall–Kier alpha value is -4.20. The average molecular weight is 789 g/mol. The smallest absolute Gasteiger partial charge is 0.0730 e. The Kier molecular flexibility index (Phi) is 10.2. The lowest BCUT2D eigenvalue weighted by atomic mass is 9.87. The van der Waals surface area contributed by atoms with Crippen LogP contribution < -0.4 is 0 Å². The van der Waals surface area contributed by atoms with E-state index in [-0.39, 0.29) is 0 Å². The number of benzene rings is 2. The standard InChI is InChI=1S/C52H44N4S2/c1-3-13-35(14-4-1)49-41-21-23-43(53-41)51(39-19-11-17-37(39)33-55-29-7-8-30-55)47-27-28-48(58-47)52(40-20-12-18-38(40)34-56-31-9-10-32-56)44-24-22-42(54-44)50(36-15-5-2-6-16-36)46-26-25-45(49)57-46/h1-6,11-28H,7-10,29-34H2. The van der Waals surface area contributed by atoms with Crippen LogP contribution in [0.15, 0.2) is 84.9 Å². The van der Waals surface area contributed by atoms with E-state index >= 15 is 0 Å². The summed E-state index contributed by atoms with van der Waals surface area (Å²) in [6.07, 6.45) is 27.9. The minimum Gasteiger partial charge on any atom is -0.303 e. The van der Waals surface area contributed by atoms with Crippen molar-refractivity contribution in [1.82, 2.24) is 19.8 Å². The Morgan fingerprint density at radius 3 is 1.17 bits per heavy atom. The second-order valence-corrected chi connectivity index (χ2v) is 18.1. The molecular weight excluding hydrogens is 745 g/mol. The number of hydrogen-bond donors (Lipinski definition) is 0. The van der Waals surface area contributed by atoms with Gasteiger partial charge >= 0.3 is 0 Å². The Balaban J connectivity index is 1.20. The second kappa shape index (κ2) is 16.1. The van der Waals surface area contributed by atoms with Crippen LogP contribution in [-0.2, 0) is 0 Å². The zero-order chi connectivity index (χ0) is 38.4. The third-order valence-electron chi connectivity index (χ3n) is 12.2.